The minimum atomic E-state index is 0.147. The van der Waals surface area contributed by atoms with Crippen molar-refractivity contribution in [1.29, 1.82) is 0 Å². The van der Waals surface area contributed by atoms with E-state index >= 15 is 0 Å². The number of ether oxygens (including phenoxy) is 1. The summed E-state index contributed by atoms with van der Waals surface area (Å²) in [6, 6.07) is 10.7. The molecule has 5 nitrogen and oxygen atoms in total. The van der Waals surface area contributed by atoms with Gasteiger partial charge in [-0.25, -0.2) is 0 Å². The Labute approximate surface area is 122 Å². The zero-order valence-corrected chi connectivity index (χ0v) is 11.5. The predicted molar refractivity (Wildman–Crippen MR) is 76.5 cm³/mol. The van der Waals surface area contributed by atoms with Crippen LogP contribution in [0.2, 0.25) is 0 Å². The van der Waals surface area contributed by atoms with Crippen LogP contribution in [-0.4, -0.2) is 18.7 Å². The largest absolute Gasteiger partial charge is 0.486 e. The van der Waals surface area contributed by atoms with Crippen molar-refractivity contribution in [3.63, 3.8) is 0 Å². The topological polar surface area (TPSA) is 59.8 Å². The molecule has 1 aliphatic rings. The number of aldehydes is 1. The van der Waals surface area contributed by atoms with Crippen LogP contribution in [0.25, 0.3) is 0 Å². The van der Waals surface area contributed by atoms with E-state index in [0.717, 1.165) is 18.7 Å². The smallest absolute Gasteiger partial charge is 0.227 e. The third kappa shape index (κ3) is 2.97. The molecule has 5 heteroatoms. The van der Waals surface area contributed by atoms with Crippen LogP contribution in [0.4, 0.5) is 5.69 Å². The third-order valence-corrected chi connectivity index (χ3v) is 3.38. The first-order valence-corrected chi connectivity index (χ1v) is 6.83. The molecule has 0 atom stereocenters. The first kappa shape index (κ1) is 13.4. The lowest BCUT2D eigenvalue weighted by atomic mass is 10.3. The zero-order chi connectivity index (χ0) is 14.7. The minimum Gasteiger partial charge on any atom is -0.486 e. The van der Waals surface area contributed by atoms with Crippen LogP contribution in [0, 0.1) is 0 Å². The second-order valence-corrected chi connectivity index (χ2v) is 4.86. The lowest BCUT2D eigenvalue weighted by Gasteiger charge is -2.16. The Hall–Kier alpha value is -2.56. The van der Waals surface area contributed by atoms with Crippen molar-refractivity contribution in [3.8, 4) is 5.75 Å². The first-order chi connectivity index (χ1) is 10.3. The monoisotopic (exact) mass is 285 g/mol. The van der Waals surface area contributed by atoms with E-state index in [1.807, 2.05) is 24.3 Å². The van der Waals surface area contributed by atoms with Gasteiger partial charge in [-0.2, -0.15) is 0 Å². The number of carbonyl (C=O) groups excluding carboxylic acids is 2. The van der Waals surface area contributed by atoms with E-state index in [1.165, 1.54) is 0 Å². The van der Waals surface area contributed by atoms with Gasteiger partial charge in [0.2, 0.25) is 5.91 Å². The minimum absolute atomic E-state index is 0.147. The molecule has 1 aromatic heterocycles. The maximum absolute atomic E-state index is 11.7. The Morgan fingerprint density at radius 2 is 2.19 bits per heavy atom. The van der Waals surface area contributed by atoms with E-state index in [1.54, 1.807) is 17.0 Å². The normalized spacial score (nSPS) is 14.5. The standard InChI is InChI=1S/C16H15NO4/c18-10-14-6-7-15(21-14)11-20-13-4-1-3-12(9-13)17-8-2-5-16(17)19/h1,3-4,6-7,9-10H,2,5,8,11H2. The van der Waals surface area contributed by atoms with Gasteiger partial charge in [0, 0.05) is 24.7 Å². The first-order valence-electron chi connectivity index (χ1n) is 6.83. The summed E-state index contributed by atoms with van der Waals surface area (Å²) in [5.74, 6) is 1.68. The lowest BCUT2D eigenvalue weighted by Crippen LogP contribution is -2.23. The van der Waals surface area contributed by atoms with Crippen LogP contribution in [0.1, 0.15) is 29.2 Å². The highest BCUT2D eigenvalue weighted by molar-refractivity contribution is 5.95. The van der Waals surface area contributed by atoms with E-state index in [9.17, 15) is 9.59 Å². The number of rotatable bonds is 5. The van der Waals surface area contributed by atoms with Crippen molar-refractivity contribution in [1.82, 2.24) is 0 Å². The summed E-state index contributed by atoms with van der Waals surface area (Å²) in [5, 5.41) is 0. The average Bonchev–Trinajstić information content (AvgIpc) is 3.14. The number of hydrogen-bond donors (Lipinski definition) is 0. The summed E-state index contributed by atoms with van der Waals surface area (Å²) in [6.45, 7) is 0.994. The average molecular weight is 285 g/mol. The molecule has 0 spiro atoms. The second-order valence-electron chi connectivity index (χ2n) is 4.86. The van der Waals surface area contributed by atoms with Crippen molar-refractivity contribution < 1.29 is 18.7 Å². The molecule has 0 unspecified atom stereocenters. The molecule has 1 aliphatic heterocycles. The maximum atomic E-state index is 11.7. The molecule has 0 radical (unpaired) electrons. The predicted octanol–water partition coefficient (Wildman–Crippen LogP) is 2.80. The molecular weight excluding hydrogens is 270 g/mol. The zero-order valence-electron chi connectivity index (χ0n) is 11.5. The van der Waals surface area contributed by atoms with Gasteiger partial charge in [0.1, 0.15) is 18.1 Å². The van der Waals surface area contributed by atoms with Crippen molar-refractivity contribution in [3.05, 3.63) is 47.9 Å². The molecule has 0 bridgehead atoms. The number of carbonyl (C=O) groups is 2. The maximum Gasteiger partial charge on any atom is 0.227 e. The van der Waals surface area contributed by atoms with Gasteiger partial charge in [0.25, 0.3) is 0 Å². The van der Waals surface area contributed by atoms with Gasteiger partial charge in [-0.05, 0) is 30.7 Å². The Bertz CT molecular complexity index is 662. The fraction of sp³-hybridized carbons (Fsp3) is 0.250. The van der Waals surface area contributed by atoms with Crippen LogP contribution in [0.5, 0.6) is 5.75 Å². The lowest BCUT2D eigenvalue weighted by molar-refractivity contribution is -0.117. The molecular formula is C16H15NO4. The van der Waals surface area contributed by atoms with Gasteiger partial charge in [0.05, 0.1) is 0 Å². The fourth-order valence-electron chi connectivity index (χ4n) is 2.35. The van der Waals surface area contributed by atoms with Crippen molar-refractivity contribution >= 4 is 17.9 Å². The van der Waals surface area contributed by atoms with E-state index in [0.29, 0.717) is 24.2 Å². The van der Waals surface area contributed by atoms with Crippen LogP contribution >= 0.6 is 0 Å². The molecule has 2 heterocycles. The summed E-state index contributed by atoms with van der Waals surface area (Å²) in [7, 11) is 0. The highest BCUT2D eigenvalue weighted by Gasteiger charge is 2.21. The Morgan fingerprint density at radius 3 is 2.90 bits per heavy atom. The Kier molecular flexibility index (Phi) is 3.73. The molecule has 1 amide bonds. The molecule has 0 aliphatic carbocycles. The van der Waals surface area contributed by atoms with Gasteiger partial charge in [-0.15, -0.1) is 0 Å². The van der Waals surface area contributed by atoms with Crippen molar-refractivity contribution in [2.75, 3.05) is 11.4 Å². The number of amides is 1. The molecule has 3 rings (SSSR count). The molecule has 2 aromatic rings. The highest BCUT2D eigenvalue weighted by atomic mass is 16.5. The second kappa shape index (κ2) is 5.83. The number of benzene rings is 1. The van der Waals surface area contributed by atoms with E-state index < -0.39 is 0 Å². The Balaban J connectivity index is 1.68. The Morgan fingerprint density at radius 1 is 1.29 bits per heavy atom. The number of furan rings is 1. The van der Waals surface area contributed by atoms with Crippen molar-refractivity contribution in [2.45, 2.75) is 19.4 Å². The van der Waals surface area contributed by atoms with E-state index in [-0.39, 0.29) is 18.3 Å². The molecule has 1 fully saturated rings. The summed E-state index contributed by atoms with van der Waals surface area (Å²) in [6.07, 6.45) is 2.15. The SMILES string of the molecule is O=Cc1ccc(COc2cccc(N3CCCC3=O)c2)o1. The van der Waals surface area contributed by atoms with Crippen LogP contribution in [-0.2, 0) is 11.4 Å². The molecule has 21 heavy (non-hydrogen) atoms. The molecule has 108 valence electrons. The van der Waals surface area contributed by atoms with Gasteiger partial charge in [-0.1, -0.05) is 6.07 Å². The van der Waals surface area contributed by atoms with Crippen LogP contribution in [0.15, 0.2) is 40.8 Å². The highest BCUT2D eigenvalue weighted by Crippen LogP contribution is 2.25. The van der Waals surface area contributed by atoms with Gasteiger partial charge in [0.15, 0.2) is 12.0 Å². The van der Waals surface area contributed by atoms with Crippen LogP contribution in [0.3, 0.4) is 0 Å². The molecule has 1 saturated heterocycles. The summed E-state index contributed by atoms with van der Waals surface area (Å²) in [4.78, 5) is 24.1. The number of anilines is 1. The summed E-state index contributed by atoms with van der Waals surface area (Å²) in [5.41, 5.74) is 0.850. The fourth-order valence-corrected chi connectivity index (χ4v) is 2.35. The van der Waals surface area contributed by atoms with E-state index in [4.69, 9.17) is 9.15 Å². The van der Waals surface area contributed by atoms with Gasteiger partial charge < -0.3 is 14.1 Å². The van der Waals surface area contributed by atoms with Crippen molar-refractivity contribution in [2.24, 2.45) is 0 Å². The van der Waals surface area contributed by atoms with E-state index in [2.05, 4.69) is 0 Å². The van der Waals surface area contributed by atoms with Gasteiger partial charge >= 0.3 is 0 Å². The number of hydrogen-bond acceptors (Lipinski definition) is 4. The number of nitrogens with zero attached hydrogens (tertiary/aromatic N) is 1. The van der Waals surface area contributed by atoms with Crippen LogP contribution < -0.4 is 9.64 Å². The third-order valence-electron chi connectivity index (χ3n) is 3.38. The molecule has 0 N–H and O–H groups in total. The molecule has 0 saturated carbocycles. The summed E-state index contributed by atoms with van der Waals surface area (Å²) >= 11 is 0. The summed E-state index contributed by atoms with van der Waals surface area (Å²) < 4.78 is 10.9. The molecule has 1 aromatic carbocycles. The van der Waals surface area contributed by atoms with Gasteiger partial charge in [-0.3, -0.25) is 9.59 Å². The quantitative estimate of drug-likeness (QED) is 0.793.